The predicted molar refractivity (Wildman–Crippen MR) is 75.0 cm³/mol. The van der Waals surface area contributed by atoms with Crippen molar-refractivity contribution >= 4 is 15.9 Å². The number of hydrogen-bond donors (Lipinski definition) is 2. The molecule has 1 aromatic rings. The average molecular weight is 301 g/mol. The number of nitrogens with one attached hydrogen (secondary N) is 1. The summed E-state index contributed by atoms with van der Waals surface area (Å²) in [5, 5.41) is 0. The van der Waals surface area contributed by atoms with Crippen LogP contribution in [-0.2, 0) is 6.42 Å². The van der Waals surface area contributed by atoms with Crippen LogP contribution in [-0.4, -0.2) is 13.2 Å². The van der Waals surface area contributed by atoms with E-state index in [-0.39, 0.29) is 0 Å². The first-order chi connectivity index (χ1) is 8.06. The molecule has 17 heavy (non-hydrogen) atoms. The summed E-state index contributed by atoms with van der Waals surface area (Å²) in [7, 11) is 1.68. The highest BCUT2D eigenvalue weighted by molar-refractivity contribution is 9.10. The van der Waals surface area contributed by atoms with Crippen molar-refractivity contribution in [1.82, 2.24) is 5.43 Å². The van der Waals surface area contributed by atoms with E-state index in [1.54, 1.807) is 7.11 Å². The van der Waals surface area contributed by atoms with Gasteiger partial charge >= 0.3 is 0 Å². The molecule has 1 unspecified atom stereocenters. The van der Waals surface area contributed by atoms with Gasteiger partial charge in [-0.25, -0.2) is 0 Å². The molecule has 0 amide bonds. The lowest BCUT2D eigenvalue weighted by Crippen LogP contribution is -2.37. The second-order valence-corrected chi connectivity index (χ2v) is 5.51. The van der Waals surface area contributed by atoms with Crippen LogP contribution in [0.4, 0.5) is 0 Å². The Labute approximate surface area is 112 Å². The molecule has 0 aromatic heterocycles. The predicted octanol–water partition coefficient (Wildman–Crippen LogP) is 2.88. The third-order valence-electron chi connectivity index (χ3n) is 2.71. The quantitative estimate of drug-likeness (QED) is 0.627. The zero-order valence-electron chi connectivity index (χ0n) is 10.7. The molecule has 0 heterocycles. The Morgan fingerprint density at radius 3 is 2.65 bits per heavy atom. The van der Waals surface area contributed by atoms with Gasteiger partial charge in [-0.05, 0) is 42.5 Å². The zero-order chi connectivity index (χ0) is 12.8. The van der Waals surface area contributed by atoms with Crippen LogP contribution in [0.5, 0.6) is 5.75 Å². The lowest BCUT2D eigenvalue weighted by molar-refractivity contribution is 0.409. The van der Waals surface area contributed by atoms with Crippen molar-refractivity contribution < 1.29 is 4.74 Å². The fourth-order valence-corrected chi connectivity index (χ4v) is 2.29. The maximum Gasteiger partial charge on any atom is 0.119 e. The summed E-state index contributed by atoms with van der Waals surface area (Å²) in [6.45, 7) is 4.40. The molecule has 0 saturated carbocycles. The van der Waals surface area contributed by atoms with Gasteiger partial charge < -0.3 is 4.74 Å². The maximum atomic E-state index is 5.59. The van der Waals surface area contributed by atoms with Gasteiger partial charge in [-0.1, -0.05) is 29.8 Å². The van der Waals surface area contributed by atoms with E-state index in [9.17, 15) is 0 Å². The highest BCUT2D eigenvalue weighted by atomic mass is 79.9. The molecule has 0 aliphatic carbocycles. The molecule has 0 fully saturated rings. The van der Waals surface area contributed by atoms with Crippen LogP contribution in [0.2, 0.25) is 0 Å². The number of nitrogens with two attached hydrogens (primary N) is 1. The molecule has 0 saturated heterocycles. The number of hydrazine groups is 1. The van der Waals surface area contributed by atoms with Crippen molar-refractivity contribution in [2.45, 2.75) is 32.7 Å². The molecule has 3 N–H and O–H groups in total. The average Bonchev–Trinajstić information content (AvgIpc) is 2.30. The van der Waals surface area contributed by atoms with Crippen LogP contribution in [0.1, 0.15) is 25.8 Å². The third-order valence-corrected chi connectivity index (χ3v) is 3.48. The second kappa shape index (κ2) is 6.99. The van der Waals surface area contributed by atoms with Gasteiger partial charge in [0.2, 0.25) is 0 Å². The smallest absolute Gasteiger partial charge is 0.119 e. The van der Waals surface area contributed by atoms with Crippen molar-refractivity contribution in [2.24, 2.45) is 11.8 Å². The van der Waals surface area contributed by atoms with E-state index in [1.165, 1.54) is 5.56 Å². The van der Waals surface area contributed by atoms with Gasteiger partial charge in [-0.15, -0.1) is 0 Å². The van der Waals surface area contributed by atoms with Crippen LogP contribution in [0.15, 0.2) is 22.7 Å². The maximum absolute atomic E-state index is 5.59. The fraction of sp³-hybridized carbons (Fsp3) is 0.538. The number of methoxy groups -OCH3 is 1. The molecule has 0 radical (unpaired) electrons. The standard InChI is InChI=1S/C13H21BrN2O/c1-9(2)6-11(16-15)7-10-8-12(17-3)4-5-13(10)14/h4-5,8-9,11,16H,6-7,15H2,1-3H3. The minimum absolute atomic E-state index is 0.290. The molecule has 0 spiro atoms. The molecule has 4 heteroatoms. The van der Waals surface area contributed by atoms with E-state index in [0.29, 0.717) is 12.0 Å². The topological polar surface area (TPSA) is 47.3 Å². The van der Waals surface area contributed by atoms with Crippen molar-refractivity contribution in [3.05, 3.63) is 28.2 Å². The second-order valence-electron chi connectivity index (χ2n) is 4.65. The van der Waals surface area contributed by atoms with Crippen molar-refractivity contribution in [3.63, 3.8) is 0 Å². The Hall–Kier alpha value is -0.580. The zero-order valence-corrected chi connectivity index (χ0v) is 12.3. The van der Waals surface area contributed by atoms with Crippen LogP contribution in [0.3, 0.4) is 0 Å². The first-order valence-electron chi connectivity index (χ1n) is 5.85. The SMILES string of the molecule is COc1ccc(Br)c(CC(CC(C)C)NN)c1. The molecule has 3 nitrogen and oxygen atoms in total. The Bertz CT molecular complexity index is 355. The van der Waals surface area contributed by atoms with Crippen molar-refractivity contribution in [2.75, 3.05) is 7.11 Å². The molecule has 1 rings (SSSR count). The minimum atomic E-state index is 0.290. The van der Waals surface area contributed by atoms with Gasteiger partial charge in [0.15, 0.2) is 0 Å². The van der Waals surface area contributed by atoms with Crippen LogP contribution in [0, 0.1) is 5.92 Å². The number of rotatable bonds is 6. The van der Waals surface area contributed by atoms with E-state index < -0.39 is 0 Å². The lowest BCUT2D eigenvalue weighted by atomic mass is 9.98. The van der Waals surface area contributed by atoms with Gasteiger partial charge in [0.1, 0.15) is 5.75 Å². The normalized spacial score (nSPS) is 12.8. The van der Waals surface area contributed by atoms with E-state index in [4.69, 9.17) is 10.6 Å². The molecule has 0 aliphatic rings. The Morgan fingerprint density at radius 2 is 2.12 bits per heavy atom. The van der Waals surface area contributed by atoms with Gasteiger partial charge in [-0.3, -0.25) is 11.3 Å². The summed E-state index contributed by atoms with van der Waals surface area (Å²) < 4.78 is 6.33. The molecular weight excluding hydrogens is 280 g/mol. The van der Waals surface area contributed by atoms with E-state index in [1.807, 2.05) is 12.1 Å². The molecule has 0 bridgehead atoms. The summed E-state index contributed by atoms with van der Waals surface area (Å²) >= 11 is 3.56. The van der Waals surface area contributed by atoms with Gasteiger partial charge in [0.25, 0.3) is 0 Å². The Kier molecular flexibility index (Phi) is 5.95. The van der Waals surface area contributed by atoms with Crippen molar-refractivity contribution in [3.8, 4) is 5.75 Å². The highest BCUT2D eigenvalue weighted by Gasteiger charge is 2.12. The van der Waals surface area contributed by atoms with Crippen LogP contribution in [0.25, 0.3) is 0 Å². The van der Waals surface area contributed by atoms with Gasteiger partial charge in [-0.2, -0.15) is 0 Å². The summed E-state index contributed by atoms with van der Waals surface area (Å²) in [5.41, 5.74) is 4.10. The monoisotopic (exact) mass is 300 g/mol. The van der Waals surface area contributed by atoms with E-state index in [0.717, 1.165) is 23.1 Å². The largest absolute Gasteiger partial charge is 0.497 e. The van der Waals surface area contributed by atoms with E-state index in [2.05, 4.69) is 41.3 Å². The highest BCUT2D eigenvalue weighted by Crippen LogP contribution is 2.24. The first kappa shape index (κ1) is 14.5. The number of hydrogen-bond acceptors (Lipinski definition) is 3. The lowest BCUT2D eigenvalue weighted by Gasteiger charge is -2.19. The van der Waals surface area contributed by atoms with Gasteiger partial charge in [0.05, 0.1) is 7.11 Å². The third kappa shape index (κ3) is 4.66. The molecule has 1 atom stereocenters. The molecule has 1 aromatic carbocycles. The summed E-state index contributed by atoms with van der Waals surface area (Å²) in [5.74, 6) is 7.10. The Balaban J connectivity index is 2.77. The number of halogens is 1. The molecule has 0 aliphatic heterocycles. The summed E-state index contributed by atoms with van der Waals surface area (Å²) in [6, 6.07) is 6.30. The summed E-state index contributed by atoms with van der Waals surface area (Å²) in [4.78, 5) is 0. The van der Waals surface area contributed by atoms with Crippen LogP contribution < -0.4 is 16.0 Å². The Morgan fingerprint density at radius 1 is 1.41 bits per heavy atom. The number of benzene rings is 1. The molecule has 96 valence electrons. The molecular formula is C13H21BrN2O. The fourth-order valence-electron chi connectivity index (χ4n) is 1.88. The van der Waals surface area contributed by atoms with Crippen LogP contribution >= 0.6 is 15.9 Å². The minimum Gasteiger partial charge on any atom is -0.497 e. The first-order valence-corrected chi connectivity index (χ1v) is 6.64. The number of ether oxygens (including phenoxy) is 1. The van der Waals surface area contributed by atoms with Gasteiger partial charge in [0, 0.05) is 10.5 Å². The van der Waals surface area contributed by atoms with E-state index >= 15 is 0 Å². The van der Waals surface area contributed by atoms with Crippen molar-refractivity contribution in [1.29, 1.82) is 0 Å². The summed E-state index contributed by atoms with van der Waals surface area (Å²) in [6.07, 6.45) is 1.95.